The van der Waals surface area contributed by atoms with Crippen molar-refractivity contribution in [3.8, 4) is 0 Å². The molecular formula is C17H16F3N. The van der Waals surface area contributed by atoms with Gasteiger partial charge in [0.05, 0.1) is 5.56 Å². The number of rotatable bonds is 3. The molecule has 0 amide bonds. The molecule has 0 saturated heterocycles. The molecule has 0 fully saturated rings. The summed E-state index contributed by atoms with van der Waals surface area (Å²) < 4.78 is 37.3. The molecule has 110 valence electrons. The highest BCUT2D eigenvalue weighted by atomic mass is 19.4. The van der Waals surface area contributed by atoms with E-state index in [1.165, 1.54) is 12.1 Å². The van der Waals surface area contributed by atoms with Crippen molar-refractivity contribution in [3.05, 3.63) is 70.8 Å². The molecule has 1 atom stereocenters. The van der Waals surface area contributed by atoms with Gasteiger partial charge in [-0.05, 0) is 35.7 Å². The fourth-order valence-corrected chi connectivity index (χ4v) is 1.89. The van der Waals surface area contributed by atoms with E-state index in [2.05, 4.69) is 0 Å². The van der Waals surface area contributed by atoms with Crippen LogP contribution in [-0.2, 0) is 6.18 Å². The highest BCUT2D eigenvalue weighted by Crippen LogP contribution is 2.29. The van der Waals surface area contributed by atoms with Gasteiger partial charge in [-0.25, -0.2) is 0 Å². The van der Waals surface area contributed by atoms with E-state index in [0.717, 1.165) is 28.8 Å². The molecule has 0 aliphatic rings. The highest BCUT2D eigenvalue weighted by Gasteiger charge is 2.29. The second-order valence-electron chi connectivity index (χ2n) is 4.91. The normalized spacial score (nSPS) is 13.6. The fourth-order valence-electron chi connectivity index (χ4n) is 1.89. The number of benzene rings is 2. The Morgan fingerprint density at radius 2 is 1.29 bits per heavy atom. The zero-order valence-corrected chi connectivity index (χ0v) is 11.6. The van der Waals surface area contributed by atoms with E-state index in [1.54, 1.807) is 6.08 Å². The molecule has 2 N–H and O–H groups in total. The molecule has 21 heavy (non-hydrogen) atoms. The molecule has 0 aliphatic carbocycles. The van der Waals surface area contributed by atoms with E-state index in [1.807, 2.05) is 37.3 Å². The van der Waals surface area contributed by atoms with Crippen molar-refractivity contribution >= 4 is 12.2 Å². The molecule has 1 nitrogen and oxygen atoms in total. The lowest BCUT2D eigenvalue weighted by Gasteiger charge is -2.06. The second-order valence-corrected chi connectivity index (χ2v) is 4.91. The van der Waals surface area contributed by atoms with Crippen LogP contribution < -0.4 is 5.73 Å². The van der Waals surface area contributed by atoms with Crippen LogP contribution in [0, 0.1) is 0 Å². The maximum atomic E-state index is 12.4. The van der Waals surface area contributed by atoms with Gasteiger partial charge >= 0.3 is 6.18 Å². The maximum absolute atomic E-state index is 12.4. The van der Waals surface area contributed by atoms with E-state index in [9.17, 15) is 13.2 Å². The van der Waals surface area contributed by atoms with E-state index in [-0.39, 0.29) is 6.04 Å². The molecule has 0 aliphatic heterocycles. The first-order chi connectivity index (χ1) is 9.86. The molecule has 0 radical (unpaired) electrons. The summed E-state index contributed by atoms with van der Waals surface area (Å²) in [4.78, 5) is 0. The minimum atomic E-state index is -4.29. The lowest BCUT2D eigenvalue weighted by Crippen LogP contribution is -2.04. The van der Waals surface area contributed by atoms with E-state index in [0.29, 0.717) is 0 Å². The molecule has 0 aromatic heterocycles. The minimum absolute atomic E-state index is 0.0158. The van der Waals surface area contributed by atoms with Gasteiger partial charge in [-0.3, -0.25) is 0 Å². The van der Waals surface area contributed by atoms with Crippen molar-refractivity contribution in [2.45, 2.75) is 19.1 Å². The summed E-state index contributed by atoms with van der Waals surface area (Å²) in [6, 6.07) is 12.8. The van der Waals surface area contributed by atoms with Crippen LogP contribution in [0.4, 0.5) is 13.2 Å². The number of nitrogens with two attached hydrogens (primary N) is 1. The van der Waals surface area contributed by atoms with E-state index in [4.69, 9.17) is 5.73 Å². The van der Waals surface area contributed by atoms with Crippen LogP contribution in [0.3, 0.4) is 0 Å². The zero-order valence-electron chi connectivity index (χ0n) is 11.6. The molecule has 0 spiro atoms. The van der Waals surface area contributed by atoms with E-state index < -0.39 is 11.7 Å². The predicted octanol–water partition coefficient (Wildman–Crippen LogP) is 4.90. The van der Waals surface area contributed by atoms with Crippen molar-refractivity contribution in [1.29, 1.82) is 0 Å². The Bertz CT molecular complexity index is 608. The van der Waals surface area contributed by atoms with E-state index >= 15 is 0 Å². The number of hydrogen-bond donors (Lipinski definition) is 1. The summed E-state index contributed by atoms with van der Waals surface area (Å²) in [6.07, 6.45) is -0.661. The average Bonchev–Trinajstić information content (AvgIpc) is 2.45. The second kappa shape index (κ2) is 6.14. The molecule has 0 saturated carbocycles. The smallest absolute Gasteiger partial charge is 0.324 e. The third-order valence-electron chi connectivity index (χ3n) is 3.17. The summed E-state index contributed by atoms with van der Waals surface area (Å²) in [5, 5.41) is 0. The maximum Gasteiger partial charge on any atom is 0.416 e. The van der Waals surface area contributed by atoms with Gasteiger partial charge in [-0.2, -0.15) is 13.2 Å². The van der Waals surface area contributed by atoms with Crippen LogP contribution in [0.5, 0.6) is 0 Å². The highest BCUT2D eigenvalue weighted by molar-refractivity contribution is 5.69. The summed E-state index contributed by atoms with van der Waals surface area (Å²) in [5.74, 6) is 0. The van der Waals surface area contributed by atoms with Crippen molar-refractivity contribution in [2.24, 2.45) is 5.73 Å². The Kier molecular flexibility index (Phi) is 4.48. The standard InChI is InChI=1S/C17H16F3N/c1-12(21)15-8-4-13(5-9-15)2-3-14-6-10-16(11-7-14)17(18,19)20/h2-12H,21H2,1H3/b3-2+. The van der Waals surface area contributed by atoms with Gasteiger partial charge in [-0.15, -0.1) is 0 Å². The SMILES string of the molecule is CC(N)c1ccc(/C=C/c2ccc(C(F)(F)F)cc2)cc1. The number of alkyl halides is 3. The Hall–Kier alpha value is -2.07. The zero-order chi connectivity index (χ0) is 15.5. The van der Waals surface area contributed by atoms with Crippen LogP contribution >= 0.6 is 0 Å². The number of halogens is 3. The third kappa shape index (κ3) is 4.20. The first-order valence-electron chi connectivity index (χ1n) is 6.57. The predicted molar refractivity (Wildman–Crippen MR) is 79.4 cm³/mol. The van der Waals surface area contributed by atoms with Gasteiger partial charge in [-0.1, -0.05) is 48.6 Å². The van der Waals surface area contributed by atoms with Gasteiger partial charge in [0, 0.05) is 6.04 Å². The van der Waals surface area contributed by atoms with Gasteiger partial charge in [0.15, 0.2) is 0 Å². The number of hydrogen-bond acceptors (Lipinski definition) is 1. The van der Waals surface area contributed by atoms with Crippen LogP contribution in [0.2, 0.25) is 0 Å². The quantitative estimate of drug-likeness (QED) is 0.800. The lowest BCUT2D eigenvalue weighted by molar-refractivity contribution is -0.137. The van der Waals surface area contributed by atoms with Crippen molar-refractivity contribution in [1.82, 2.24) is 0 Å². The largest absolute Gasteiger partial charge is 0.416 e. The summed E-state index contributed by atoms with van der Waals surface area (Å²) in [7, 11) is 0. The molecule has 0 heterocycles. The Morgan fingerprint density at radius 1 is 0.857 bits per heavy atom. The van der Waals surface area contributed by atoms with Crippen molar-refractivity contribution < 1.29 is 13.2 Å². The van der Waals surface area contributed by atoms with Crippen molar-refractivity contribution in [3.63, 3.8) is 0 Å². The van der Waals surface area contributed by atoms with Crippen LogP contribution in [0.15, 0.2) is 48.5 Å². The first kappa shape index (κ1) is 15.3. The summed E-state index contributed by atoms with van der Waals surface area (Å²) in [5.41, 5.74) is 7.87. The van der Waals surface area contributed by atoms with Gasteiger partial charge in [0.1, 0.15) is 0 Å². The molecule has 2 rings (SSSR count). The lowest BCUT2D eigenvalue weighted by atomic mass is 10.1. The van der Waals surface area contributed by atoms with Gasteiger partial charge in [0.25, 0.3) is 0 Å². The first-order valence-corrected chi connectivity index (χ1v) is 6.57. The molecule has 2 aromatic carbocycles. The molecule has 2 aromatic rings. The van der Waals surface area contributed by atoms with Crippen LogP contribution in [0.25, 0.3) is 12.2 Å². The minimum Gasteiger partial charge on any atom is -0.324 e. The molecule has 4 heteroatoms. The van der Waals surface area contributed by atoms with Crippen LogP contribution in [-0.4, -0.2) is 0 Å². The Balaban J connectivity index is 2.10. The molecule has 1 unspecified atom stereocenters. The molecule has 0 bridgehead atoms. The third-order valence-corrected chi connectivity index (χ3v) is 3.17. The monoisotopic (exact) mass is 291 g/mol. The molecular weight excluding hydrogens is 275 g/mol. The summed E-state index contributed by atoms with van der Waals surface area (Å²) >= 11 is 0. The fraction of sp³-hybridized carbons (Fsp3) is 0.176. The Morgan fingerprint density at radius 3 is 1.67 bits per heavy atom. The topological polar surface area (TPSA) is 26.0 Å². The van der Waals surface area contributed by atoms with Crippen LogP contribution in [0.1, 0.15) is 35.2 Å². The summed E-state index contributed by atoms with van der Waals surface area (Å²) in [6.45, 7) is 1.91. The van der Waals surface area contributed by atoms with Crippen molar-refractivity contribution in [2.75, 3.05) is 0 Å². The Labute approximate surface area is 121 Å². The van der Waals surface area contributed by atoms with Gasteiger partial charge in [0.2, 0.25) is 0 Å². The average molecular weight is 291 g/mol. The van der Waals surface area contributed by atoms with Gasteiger partial charge < -0.3 is 5.73 Å².